The molecule has 3 heteroatoms. The molecule has 3 nitrogen and oxygen atoms in total. The molecule has 3 rings (SSSR count). The fourth-order valence-electron chi connectivity index (χ4n) is 3.12. The molecule has 0 amide bonds. The first-order chi connectivity index (χ1) is 8.90. The van der Waals surface area contributed by atoms with Gasteiger partial charge in [-0.3, -0.25) is 4.90 Å². The fourth-order valence-corrected chi connectivity index (χ4v) is 3.12. The highest BCUT2D eigenvalue weighted by molar-refractivity contribution is 5.83. The number of likely N-dealkylation sites (tertiary alicyclic amines) is 1. The van der Waals surface area contributed by atoms with Crippen LogP contribution in [0.25, 0.3) is 10.9 Å². The first-order valence-electron chi connectivity index (χ1n) is 6.90. The molecule has 0 radical (unpaired) electrons. The van der Waals surface area contributed by atoms with Crippen molar-refractivity contribution in [1.29, 1.82) is 0 Å². The Morgan fingerprint density at radius 1 is 1.22 bits per heavy atom. The lowest BCUT2D eigenvalue weighted by molar-refractivity contribution is 0.237. The van der Waals surface area contributed by atoms with Gasteiger partial charge in [-0.05, 0) is 50.5 Å². The van der Waals surface area contributed by atoms with Gasteiger partial charge in [-0.25, -0.2) is 0 Å². The van der Waals surface area contributed by atoms with Gasteiger partial charge in [-0.2, -0.15) is 0 Å². The van der Waals surface area contributed by atoms with E-state index in [9.17, 15) is 0 Å². The molecule has 1 fully saturated rings. The Bertz CT molecular complexity index is 511. The third-order valence-electron chi connectivity index (χ3n) is 4.00. The summed E-state index contributed by atoms with van der Waals surface area (Å²) in [7, 11) is 0. The number of nitrogens with zero attached hydrogens (tertiary/aromatic N) is 1. The van der Waals surface area contributed by atoms with Gasteiger partial charge in [0.15, 0.2) is 0 Å². The zero-order valence-electron chi connectivity index (χ0n) is 10.7. The molecule has 2 heterocycles. The molecule has 0 bridgehead atoms. The molecule has 1 aliphatic rings. The third kappa shape index (κ3) is 2.04. The van der Waals surface area contributed by atoms with Gasteiger partial charge in [-0.15, -0.1) is 0 Å². The normalized spacial score (nSPS) is 18.5. The Balaban J connectivity index is 1.98. The van der Waals surface area contributed by atoms with Gasteiger partial charge in [0.25, 0.3) is 0 Å². The summed E-state index contributed by atoms with van der Waals surface area (Å²) < 4.78 is 0. The number of aromatic amines is 1. The highest BCUT2D eigenvalue weighted by Gasteiger charge is 2.24. The molecule has 3 N–H and O–H groups in total. The number of hydrogen-bond donors (Lipinski definition) is 2. The predicted molar refractivity (Wildman–Crippen MR) is 75.5 cm³/mol. The molecular formula is C15H21N3. The van der Waals surface area contributed by atoms with E-state index in [2.05, 4.69) is 40.3 Å². The lowest BCUT2D eigenvalue weighted by Gasteiger charge is -2.27. The Morgan fingerprint density at radius 3 is 2.78 bits per heavy atom. The molecule has 1 unspecified atom stereocenters. The van der Waals surface area contributed by atoms with Crippen LogP contribution in [0.5, 0.6) is 0 Å². The van der Waals surface area contributed by atoms with Crippen LogP contribution < -0.4 is 5.73 Å². The Labute approximate surface area is 108 Å². The first-order valence-corrected chi connectivity index (χ1v) is 6.90. The van der Waals surface area contributed by atoms with Crippen LogP contribution in [0.2, 0.25) is 0 Å². The average Bonchev–Trinajstić information content (AvgIpc) is 3.06. The van der Waals surface area contributed by atoms with E-state index in [1.54, 1.807) is 0 Å². The Hall–Kier alpha value is -1.32. The van der Waals surface area contributed by atoms with Crippen molar-refractivity contribution in [3.05, 3.63) is 36.0 Å². The minimum absolute atomic E-state index is 0.480. The number of nitrogens with two attached hydrogens (primary N) is 1. The molecule has 0 saturated carbocycles. The first kappa shape index (κ1) is 11.8. The lowest BCUT2D eigenvalue weighted by Crippen LogP contribution is -2.27. The van der Waals surface area contributed by atoms with Gasteiger partial charge in [0.1, 0.15) is 0 Å². The number of benzene rings is 1. The second-order valence-corrected chi connectivity index (χ2v) is 5.13. The fraction of sp³-hybridized carbons (Fsp3) is 0.467. The number of para-hydroxylation sites is 1. The van der Waals surface area contributed by atoms with Gasteiger partial charge in [0.05, 0.1) is 0 Å². The van der Waals surface area contributed by atoms with Crippen LogP contribution in [-0.4, -0.2) is 29.5 Å². The standard InChI is InChI=1S/C15H21N3/c16-8-7-15(18-9-3-4-10-18)13-11-17-14-6-2-1-5-12(13)14/h1-2,5-6,11,15,17H,3-4,7-10,16H2. The van der Waals surface area contributed by atoms with Crippen molar-refractivity contribution in [2.45, 2.75) is 25.3 Å². The van der Waals surface area contributed by atoms with E-state index in [4.69, 9.17) is 5.73 Å². The van der Waals surface area contributed by atoms with Crippen LogP contribution in [0.3, 0.4) is 0 Å². The number of rotatable bonds is 4. The minimum atomic E-state index is 0.480. The van der Waals surface area contributed by atoms with Gasteiger partial charge < -0.3 is 10.7 Å². The van der Waals surface area contributed by atoms with Crippen molar-refractivity contribution >= 4 is 10.9 Å². The van der Waals surface area contributed by atoms with Crippen LogP contribution >= 0.6 is 0 Å². The highest BCUT2D eigenvalue weighted by Crippen LogP contribution is 2.32. The smallest absolute Gasteiger partial charge is 0.0457 e. The van der Waals surface area contributed by atoms with Crippen LogP contribution in [0.1, 0.15) is 30.9 Å². The molecule has 1 aromatic carbocycles. The summed E-state index contributed by atoms with van der Waals surface area (Å²) in [6, 6.07) is 9.02. The number of nitrogens with one attached hydrogen (secondary N) is 1. The molecular weight excluding hydrogens is 222 g/mol. The summed E-state index contributed by atoms with van der Waals surface area (Å²) in [5.41, 5.74) is 8.46. The maximum atomic E-state index is 5.81. The van der Waals surface area contributed by atoms with E-state index < -0.39 is 0 Å². The molecule has 0 aliphatic carbocycles. The maximum absolute atomic E-state index is 5.81. The van der Waals surface area contributed by atoms with E-state index in [1.807, 2.05) is 0 Å². The maximum Gasteiger partial charge on any atom is 0.0457 e. The number of aromatic nitrogens is 1. The second kappa shape index (κ2) is 5.12. The largest absolute Gasteiger partial charge is 0.361 e. The van der Waals surface area contributed by atoms with Gasteiger partial charge >= 0.3 is 0 Å². The van der Waals surface area contributed by atoms with Crippen molar-refractivity contribution in [3.63, 3.8) is 0 Å². The minimum Gasteiger partial charge on any atom is -0.361 e. The third-order valence-corrected chi connectivity index (χ3v) is 4.00. The van der Waals surface area contributed by atoms with Crippen LogP contribution in [0, 0.1) is 0 Å². The van der Waals surface area contributed by atoms with Gasteiger partial charge in [0, 0.05) is 23.1 Å². The zero-order valence-corrected chi connectivity index (χ0v) is 10.7. The molecule has 2 aromatic rings. The summed E-state index contributed by atoms with van der Waals surface area (Å²) in [6.45, 7) is 3.18. The molecule has 1 aromatic heterocycles. The number of hydrogen-bond acceptors (Lipinski definition) is 2. The average molecular weight is 243 g/mol. The lowest BCUT2D eigenvalue weighted by atomic mass is 10.0. The van der Waals surface area contributed by atoms with E-state index in [-0.39, 0.29) is 0 Å². The van der Waals surface area contributed by atoms with Crippen molar-refractivity contribution in [2.75, 3.05) is 19.6 Å². The van der Waals surface area contributed by atoms with E-state index >= 15 is 0 Å². The van der Waals surface area contributed by atoms with Crippen molar-refractivity contribution in [2.24, 2.45) is 5.73 Å². The van der Waals surface area contributed by atoms with E-state index in [0.717, 1.165) is 13.0 Å². The second-order valence-electron chi connectivity index (χ2n) is 5.13. The number of fused-ring (bicyclic) bond motifs is 1. The van der Waals surface area contributed by atoms with Crippen LogP contribution in [0.4, 0.5) is 0 Å². The van der Waals surface area contributed by atoms with Crippen molar-refractivity contribution in [1.82, 2.24) is 9.88 Å². The SMILES string of the molecule is NCCC(c1c[nH]c2ccccc12)N1CCCC1. The van der Waals surface area contributed by atoms with Crippen LogP contribution in [0.15, 0.2) is 30.5 Å². The molecule has 1 saturated heterocycles. The molecule has 18 heavy (non-hydrogen) atoms. The summed E-state index contributed by atoms with van der Waals surface area (Å²) in [5.74, 6) is 0. The van der Waals surface area contributed by atoms with Crippen molar-refractivity contribution < 1.29 is 0 Å². The van der Waals surface area contributed by atoms with Crippen LogP contribution in [-0.2, 0) is 0 Å². The van der Waals surface area contributed by atoms with Gasteiger partial charge in [0.2, 0.25) is 0 Å². The molecule has 96 valence electrons. The summed E-state index contributed by atoms with van der Waals surface area (Å²) in [6.07, 6.45) is 5.86. The molecule has 1 atom stereocenters. The van der Waals surface area contributed by atoms with Crippen molar-refractivity contribution in [3.8, 4) is 0 Å². The number of H-pyrrole nitrogens is 1. The Kier molecular flexibility index (Phi) is 3.35. The van der Waals surface area contributed by atoms with E-state index in [0.29, 0.717) is 6.04 Å². The topological polar surface area (TPSA) is 45.1 Å². The monoisotopic (exact) mass is 243 g/mol. The molecule has 0 spiro atoms. The van der Waals surface area contributed by atoms with E-state index in [1.165, 1.54) is 42.4 Å². The Morgan fingerprint density at radius 2 is 2.00 bits per heavy atom. The quantitative estimate of drug-likeness (QED) is 0.867. The summed E-state index contributed by atoms with van der Waals surface area (Å²) in [4.78, 5) is 5.97. The zero-order chi connectivity index (χ0) is 12.4. The summed E-state index contributed by atoms with van der Waals surface area (Å²) in [5, 5.41) is 1.35. The highest BCUT2D eigenvalue weighted by atomic mass is 15.2. The molecule has 1 aliphatic heterocycles. The predicted octanol–water partition coefficient (Wildman–Crippen LogP) is 2.65. The summed E-state index contributed by atoms with van der Waals surface area (Å²) >= 11 is 0. The van der Waals surface area contributed by atoms with Gasteiger partial charge in [-0.1, -0.05) is 18.2 Å².